The minimum atomic E-state index is -3.62. The first-order valence-corrected chi connectivity index (χ1v) is 12.6. The van der Waals surface area contributed by atoms with Crippen molar-refractivity contribution >= 4 is 27.7 Å². The molecule has 1 heterocycles. The van der Waals surface area contributed by atoms with Crippen LogP contribution < -0.4 is 10.6 Å². The number of carbonyl (C=O) groups is 1. The van der Waals surface area contributed by atoms with Crippen molar-refractivity contribution < 1.29 is 13.2 Å². The number of rotatable bonds is 5. The number of hydrogen-bond acceptors (Lipinski definition) is 3. The van der Waals surface area contributed by atoms with E-state index in [0.29, 0.717) is 19.6 Å². The topological polar surface area (TPSA) is 78.5 Å². The molecule has 0 bridgehead atoms. The predicted octanol–water partition coefficient (Wildman–Crippen LogP) is 4.15. The molecule has 1 saturated carbocycles. The maximum Gasteiger partial charge on any atom is 0.315 e. The van der Waals surface area contributed by atoms with E-state index in [0.717, 1.165) is 25.7 Å². The molecule has 3 rings (SSSR count). The van der Waals surface area contributed by atoms with E-state index in [-0.39, 0.29) is 27.9 Å². The van der Waals surface area contributed by atoms with Gasteiger partial charge in [0.25, 0.3) is 0 Å². The Morgan fingerprint density at radius 3 is 2.45 bits per heavy atom. The van der Waals surface area contributed by atoms with E-state index in [9.17, 15) is 13.2 Å². The number of nitrogens with one attached hydrogen (secondary N) is 2. The van der Waals surface area contributed by atoms with Gasteiger partial charge in [0.2, 0.25) is 10.0 Å². The molecule has 162 valence electrons. The molecule has 29 heavy (non-hydrogen) atoms. The molecule has 0 spiro atoms. The average molecular weight is 442 g/mol. The van der Waals surface area contributed by atoms with Crippen molar-refractivity contribution in [2.45, 2.75) is 68.7 Å². The molecular weight excluding hydrogens is 410 g/mol. The van der Waals surface area contributed by atoms with E-state index in [1.165, 1.54) is 36.4 Å². The first kappa shape index (κ1) is 22.4. The van der Waals surface area contributed by atoms with Gasteiger partial charge in [-0.05, 0) is 43.7 Å². The van der Waals surface area contributed by atoms with E-state index >= 15 is 0 Å². The highest BCUT2D eigenvalue weighted by atomic mass is 35.5. The maximum atomic E-state index is 13.0. The molecule has 2 aliphatic rings. The molecule has 1 aliphatic heterocycles. The molecule has 2 N–H and O–H groups in total. The van der Waals surface area contributed by atoms with Crippen LogP contribution in [0.4, 0.5) is 4.79 Å². The van der Waals surface area contributed by atoms with E-state index in [1.807, 2.05) is 0 Å². The maximum absolute atomic E-state index is 13.0. The van der Waals surface area contributed by atoms with Crippen LogP contribution in [0.3, 0.4) is 0 Å². The number of halogens is 1. The highest BCUT2D eigenvalue weighted by Crippen LogP contribution is 2.28. The van der Waals surface area contributed by atoms with Crippen LogP contribution >= 0.6 is 11.6 Å². The summed E-state index contributed by atoms with van der Waals surface area (Å²) in [6.45, 7) is 1.36. The zero-order chi connectivity index (χ0) is 20.7. The molecule has 1 unspecified atom stereocenters. The van der Waals surface area contributed by atoms with E-state index in [1.54, 1.807) is 24.3 Å². The van der Waals surface area contributed by atoms with Gasteiger partial charge in [0.1, 0.15) is 4.90 Å². The summed E-state index contributed by atoms with van der Waals surface area (Å²) in [6.07, 6.45) is 9.90. The number of amides is 2. The summed E-state index contributed by atoms with van der Waals surface area (Å²) in [4.78, 5) is 12.5. The SMILES string of the molecule is O=C(NCC1CCCN(S(=O)(=O)c2ccccc2Cl)C1)NC1CCCCCCC1. The summed E-state index contributed by atoms with van der Waals surface area (Å²) in [5.74, 6) is 0.101. The number of sulfonamides is 1. The standard InChI is InChI=1S/C21H32ClN3O3S/c22-19-12-6-7-13-20(19)29(27,28)25-14-8-9-17(16-25)15-23-21(26)24-18-10-4-2-1-3-5-11-18/h6-7,12-13,17-18H,1-5,8-11,14-16H2,(H2,23,24,26). The third-order valence-corrected chi connectivity index (χ3v) is 8.29. The second-order valence-corrected chi connectivity index (χ2v) is 10.5. The van der Waals surface area contributed by atoms with Crippen LogP contribution in [-0.2, 0) is 10.0 Å². The number of piperidine rings is 1. The van der Waals surface area contributed by atoms with Crippen LogP contribution in [0.5, 0.6) is 0 Å². The number of nitrogens with zero attached hydrogens (tertiary/aromatic N) is 1. The second kappa shape index (κ2) is 10.6. The van der Waals surface area contributed by atoms with Gasteiger partial charge in [-0.3, -0.25) is 0 Å². The molecular formula is C21H32ClN3O3S. The summed E-state index contributed by atoms with van der Waals surface area (Å²) in [5.41, 5.74) is 0. The highest BCUT2D eigenvalue weighted by molar-refractivity contribution is 7.89. The van der Waals surface area contributed by atoms with Crippen LogP contribution in [0.2, 0.25) is 5.02 Å². The number of urea groups is 1. The predicted molar refractivity (Wildman–Crippen MR) is 116 cm³/mol. The van der Waals surface area contributed by atoms with Gasteiger partial charge in [0.05, 0.1) is 5.02 Å². The normalized spacial score (nSPS) is 22.4. The lowest BCUT2D eigenvalue weighted by Crippen LogP contribution is -2.47. The highest BCUT2D eigenvalue weighted by Gasteiger charge is 2.31. The number of benzene rings is 1. The van der Waals surface area contributed by atoms with Gasteiger partial charge in [0.15, 0.2) is 0 Å². The average Bonchev–Trinajstić information content (AvgIpc) is 2.69. The van der Waals surface area contributed by atoms with E-state index < -0.39 is 10.0 Å². The Morgan fingerprint density at radius 2 is 1.72 bits per heavy atom. The Hall–Kier alpha value is -1.31. The molecule has 1 saturated heterocycles. The molecule has 0 radical (unpaired) electrons. The van der Waals surface area contributed by atoms with E-state index in [2.05, 4.69) is 10.6 Å². The van der Waals surface area contributed by atoms with Gasteiger partial charge in [-0.2, -0.15) is 4.31 Å². The van der Waals surface area contributed by atoms with Crippen LogP contribution in [0.1, 0.15) is 57.8 Å². The van der Waals surface area contributed by atoms with Crippen molar-refractivity contribution in [1.29, 1.82) is 0 Å². The van der Waals surface area contributed by atoms with Crippen molar-refractivity contribution in [2.75, 3.05) is 19.6 Å². The minimum Gasteiger partial charge on any atom is -0.338 e. The van der Waals surface area contributed by atoms with Crippen LogP contribution in [0.15, 0.2) is 29.2 Å². The van der Waals surface area contributed by atoms with Gasteiger partial charge in [0, 0.05) is 25.7 Å². The number of carbonyl (C=O) groups excluding carboxylic acids is 1. The Morgan fingerprint density at radius 1 is 1.03 bits per heavy atom. The minimum absolute atomic E-state index is 0.101. The molecule has 2 amide bonds. The zero-order valence-electron chi connectivity index (χ0n) is 16.9. The van der Waals surface area contributed by atoms with Gasteiger partial charge < -0.3 is 10.6 Å². The fourth-order valence-electron chi connectivity index (χ4n) is 4.28. The van der Waals surface area contributed by atoms with Gasteiger partial charge in [-0.25, -0.2) is 13.2 Å². The third kappa shape index (κ3) is 6.33. The largest absolute Gasteiger partial charge is 0.338 e. The first-order valence-electron chi connectivity index (χ1n) is 10.8. The summed E-state index contributed by atoms with van der Waals surface area (Å²) < 4.78 is 27.4. The molecule has 1 aromatic carbocycles. The summed E-state index contributed by atoms with van der Waals surface area (Å²) in [6, 6.07) is 6.65. The lowest BCUT2D eigenvalue weighted by molar-refractivity contribution is 0.224. The van der Waals surface area contributed by atoms with Crippen LogP contribution in [-0.4, -0.2) is 44.4 Å². The monoisotopic (exact) mass is 441 g/mol. The summed E-state index contributed by atoms with van der Waals surface area (Å²) in [5, 5.41) is 6.30. The molecule has 6 nitrogen and oxygen atoms in total. The Bertz CT molecular complexity index is 779. The fourth-order valence-corrected chi connectivity index (χ4v) is 6.33. The van der Waals surface area contributed by atoms with Crippen molar-refractivity contribution in [3.8, 4) is 0 Å². The van der Waals surface area contributed by atoms with Gasteiger partial charge in [-0.1, -0.05) is 55.8 Å². The third-order valence-electron chi connectivity index (χ3n) is 5.93. The summed E-state index contributed by atoms with van der Waals surface area (Å²) >= 11 is 6.11. The Kier molecular flexibility index (Phi) is 8.21. The van der Waals surface area contributed by atoms with Gasteiger partial charge >= 0.3 is 6.03 Å². The lowest BCUT2D eigenvalue weighted by atomic mass is 9.97. The quantitative estimate of drug-likeness (QED) is 0.720. The molecule has 1 aromatic rings. The Labute approximate surface area is 179 Å². The molecule has 0 aromatic heterocycles. The second-order valence-electron chi connectivity index (χ2n) is 8.20. The van der Waals surface area contributed by atoms with Crippen LogP contribution in [0.25, 0.3) is 0 Å². The fraction of sp³-hybridized carbons (Fsp3) is 0.667. The molecule has 2 fully saturated rings. The first-order chi connectivity index (χ1) is 14.0. The summed E-state index contributed by atoms with van der Waals surface area (Å²) in [7, 11) is -3.62. The lowest BCUT2D eigenvalue weighted by Gasteiger charge is -2.32. The number of hydrogen-bond donors (Lipinski definition) is 2. The van der Waals surface area contributed by atoms with Crippen molar-refractivity contribution in [3.05, 3.63) is 29.3 Å². The molecule has 1 aliphatic carbocycles. The zero-order valence-corrected chi connectivity index (χ0v) is 18.5. The van der Waals surface area contributed by atoms with Crippen molar-refractivity contribution in [2.24, 2.45) is 5.92 Å². The van der Waals surface area contributed by atoms with Crippen molar-refractivity contribution in [3.63, 3.8) is 0 Å². The molecule has 1 atom stereocenters. The van der Waals surface area contributed by atoms with Crippen LogP contribution in [0, 0.1) is 5.92 Å². The smallest absolute Gasteiger partial charge is 0.315 e. The van der Waals surface area contributed by atoms with Gasteiger partial charge in [-0.15, -0.1) is 0 Å². The van der Waals surface area contributed by atoms with Crippen molar-refractivity contribution in [1.82, 2.24) is 14.9 Å². The Balaban J connectivity index is 1.50. The molecule has 8 heteroatoms. The van der Waals surface area contributed by atoms with E-state index in [4.69, 9.17) is 11.6 Å².